The lowest BCUT2D eigenvalue weighted by molar-refractivity contribution is -0.0263. The minimum Gasteiger partial charge on any atom is -0.486 e. The monoisotopic (exact) mass is 340 g/mol. The molecule has 0 spiro atoms. The molecule has 0 aromatic heterocycles. The zero-order valence-corrected chi connectivity index (χ0v) is 12.7. The molecule has 120 valence electrons. The number of ether oxygens (including phenoxy) is 2. The summed E-state index contributed by atoms with van der Waals surface area (Å²) in [5, 5.41) is 17.8. The van der Waals surface area contributed by atoms with E-state index in [9.17, 15) is 8.42 Å². The van der Waals surface area contributed by atoms with Gasteiger partial charge in [0.05, 0.1) is 19.8 Å². The van der Waals surface area contributed by atoms with Crippen LogP contribution in [0.5, 0.6) is 5.75 Å². The first-order chi connectivity index (χ1) is 9.90. The summed E-state index contributed by atoms with van der Waals surface area (Å²) in [6.45, 7) is -0.927. The molecular weight excluding hydrogens is 324 g/mol. The standard InChI is InChI=1S/C12H17ClO7S/c13-21(16,17)19-9-12(8-18-7-10(15)6-14)20-11-4-2-1-3-5-11/h1-5,10,12,14-15H,6-9H2. The summed E-state index contributed by atoms with van der Waals surface area (Å²) in [6.07, 6.45) is -1.76. The van der Waals surface area contributed by atoms with Crippen LogP contribution in [-0.2, 0) is 18.3 Å². The van der Waals surface area contributed by atoms with Crippen LogP contribution in [0.15, 0.2) is 30.3 Å². The second kappa shape index (κ2) is 9.19. The second-order valence-corrected chi connectivity index (χ2v) is 6.26. The molecule has 1 aromatic carbocycles. The van der Waals surface area contributed by atoms with Crippen LogP contribution in [0.1, 0.15) is 0 Å². The van der Waals surface area contributed by atoms with Crippen molar-refractivity contribution >= 4 is 20.0 Å². The number of aliphatic hydroxyl groups excluding tert-OH is 2. The first-order valence-electron chi connectivity index (χ1n) is 6.08. The van der Waals surface area contributed by atoms with Gasteiger partial charge in [-0.1, -0.05) is 18.2 Å². The molecule has 0 aliphatic rings. The van der Waals surface area contributed by atoms with Gasteiger partial charge < -0.3 is 19.7 Å². The van der Waals surface area contributed by atoms with Gasteiger partial charge in [0.2, 0.25) is 0 Å². The maximum absolute atomic E-state index is 10.8. The van der Waals surface area contributed by atoms with Gasteiger partial charge in [-0.15, -0.1) is 0 Å². The number of halogens is 1. The zero-order chi connectivity index (χ0) is 15.7. The van der Waals surface area contributed by atoms with Crippen molar-refractivity contribution in [2.45, 2.75) is 12.2 Å². The predicted molar refractivity (Wildman–Crippen MR) is 75.5 cm³/mol. The van der Waals surface area contributed by atoms with Gasteiger partial charge in [0.15, 0.2) is 0 Å². The van der Waals surface area contributed by atoms with Gasteiger partial charge in [-0.3, -0.25) is 4.18 Å². The Hall–Kier alpha value is -0.900. The minimum absolute atomic E-state index is 0.0433. The highest BCUT2D eigenvalue weighted by Crippen LogP contribution is 2.12. The second-order valence-electron chi connectivity index (χ2n) is 4.10. The molecule has 1 rings (SSSR count). The van der Waals surface area contributed by atoms with Gasteiger partial charge in [-0.2, -0.15) is 8.42 Å². The first kappa shape index (κ1) is 18.1. The van der Waals surface area contributed by atoms with Crippen LogP contribution in [-0.4, -0.2) is 57.3 Å². The van der Waals surface area contributed by atoms with Crippen LogP contribution in [0, 0.1) is 0 Å². The fourth-order valence-electron chi connectivity index (χ4n) is 1.35. The fraction of sp³-hybridized carbons (Fsp3) is 0.500. The Morgan fingerprint density at radius 2 is 1.81 bits per heavy atom. The van der Waals surface area contributed by atoms with E-state index < -0.39 is 28.1 Å². The zero-order valence-electron chi connectivity index (χ0n) is 11.1. The lowest BCUT2D eigenvalue weighted by atomic mass is 10.3. The molecular formula is C12H17ClO7S. The van der Waals surface area contributed by atoms with E-state index in [1.165, 1.54) is 0 Å². The van der Waals surface area contributed by atoms with E-state index in [1.54, 1.807) is 30.3 Å². The van der Waals surface area contributed by atoms with E-state index in [0.29, 0.717) is 5.75 Å². The normalized spacial score (nSPS) is 14.6. The minimum atomic E-state index is -4.11. The summed E-state index contributed by atoms with van der Waals surface area (Å²) in [5.74, 6) is 0.504. The molecule has 2 atom stereocenters. The van der Waals surface area contributed by atoms with Crippen molar-refractivity contribution in [2.75, 3.05) is 26.4 Å². The molecule has 2 N–H and O–H groups in total. The quantitative estimate of drug-likeness (QED) is 0.591. The maximum Gasteiger partial charge on any atom is 0.355 e. The summed E-state index contributed by atoms with van der Waals surface area (Å²) in [4.78, 5) is 0. The first-order valence-corrected chi connectivity index (χ1v) is 8.31. The molecule has 7 nitrogen and oxygen atoms in total. The Morgan fingerprint density at radius 3 is 2.38 bits per heavy atom. The van der Waals surface area contributed by atoms with Gasteiger partial charge in [0, 0.05) is 10.7 Å². The molecule has 21 heavy (non-hydrogen) atoms. The van der Waals surface area contributed by atoms with Crippen LogP contribution in [0.4, 0.5) is 0 Å². The van der Waals surface area contributed by atoms with Gasteiger partial charge in [-0.25, -0.2) is 0 Å². The van der Waals surface area contributed by atoms with Crippen molar-refractivity contribution < 1.29 is 32.3 Å². The van der Waals surface area contributed by atoms with Gasteiger partial charge >= 0.3 is 9.33 Å². The average molecular weight is 341 g/mol. The number of aliphatic hydroxyl groups is 2. The summed E-state index contributed by atoms with van der Waals surface area (Å²) in [6, 6.07) is 8.68. The molecule has 0 heterocycles. The lowest BCUT2D eigenvalue weighted by Crippen LogP contribution is -2.31. The smallest absolute Gasteiger partial charge is 0.355 e. The van der Waals surface area contributed by atoms with Crippen LogP contribution in [0.25, 0.3) is 0 Å². The van der Waals surface area contributed by atoms with E-state index in [1.807, 2.05) is 0 Å². The molecule has 0 aliphatic heterocycles. The Balaban J connectivity index is 2.53. The maximum atomic E-state index is 10.8. The summed E-state index contributed by atoms with van der Waals surface area (Å²) < 4.78 is 36.7. The molecule has 0 saturated carbocycles. The number of rotatable bonds is 10. The summed E-state index contributed by atoms with van der Waals surface area (Å²) in [7, 11) is 0.858. The number of hydrogen-bond acceptors (Lipinski definition) is 7. The van der Waals surface area contributed by atoms with Crippen LogP contribution in [0.2, 0.25) is 0 Å². The third kappa shape index (κ3) is 8.86. The van der Waals surface area contributed by atoms with E-state index >= 15 is 0 Å². The largest absolute Gasteiger partial charge is 0.486 e. The fourth-order valence-corrected chi connectivity index (χ4v) is 1.82. The molecule has 0 amide bonds. The van der Waals surface area contributed by atoms with Crippen molar-refractivity contribution in [2.24, 2.45) is 0 Å². The molecule has 0 radical (unpaired) electrons. The number of hydrogen-bond donors (Lipinski definition) is 2. The van der Waals surface area contributed by atoms with Crippen molar-refractivity contribution in [3.8, 4) is 5.75 Å². The molecule has 0 bridgehead atoms. The number of benzene rings is 1. The van der Waals surface area contributed by atoms with Crippen molar-refractivity contribution in [3.05, 3.63) is 30.3 Å². The van der Waals surface area contributed by atoms with E-state index in [2.05, 4.69) is 4.18 Å². The van der Waals surface area contributed by atoms with Gasteiger partial charge in [-0.05, 0) is 12.1 Å². The third-order valence-electron chi connectivity index (χ3n) is 2.27. The van der Waals surface area contributed by atoms with Gasteiger partial charge in [0.25, 0.3) is 0 Å². The lowest BCUT2D eigenvalue weighted by Gasteiger charge is -2.19. The van der Waals surface area contributed by atoms with Crippen molar-refractivity contribution in [1.29, 1.82) is 0 Å². The molecule has 9 heteroatoms. The summed E-state index contributed by atoms with van der Waals surface area (Å²) in [5.41, 5.74) is 0. The molecule has 0 fully saturated rings. The molecule has 0 saturated heterocycles. The SMILES string of the molecule is O=S(=O)(Cl)OCC(COCC(O)CO)Oc1ccccc1. The van der Waals surface area contributed by atoms with Crippen molar-refractivity contribution in [1.82, 2.24) is 0 Å². The van der Waals surface area contributed by atoms with E-state index in [0.717, 1.165) is 0 Å². The van der Waals surface area contributed by atoms with E-state index in [4.69, 9.17) is 30.4 Å². The molecule has 0 aliphatic carbocycles. The van der Waals surface area contributed by atoms with Crippen LogP contribution >= 0.6 is 10.7 Å². The topological polar surface area (TPSA) is 102 Å². The summed E-state index contributed by atoms with van der Waals surface area (Å²) >= 11 is 0. The highest BCUT2D eigenvalue weighted by molar-refractivity contribution is 8.09. The Morgan fingerprint density at radius 1 is 1.14 bits per heavy atom. The van der Waals surface area contributed by atoms with Gasteiger partial charge in [0.1, 0.15) is 24.6 Å². The van der Waals surface area contributed by atoms with E-state index in [-0.39, 0.29) is 19.8 Å². The third-order valence-corrected chi connectivity index (χ3v) is 2.95. The highest BCUT2D eigenvalue weighted by atomic mass is 35.7. The molecule has 2 unspecified atom stereocenters. The Bertz CT molecular complexity index is 494. The van der Waals surface area contributed by atoms with Crippen LogP contribution < -0.4 is 4.74 Å². The highest BCUT2D eigenvalue weighted by Gasteiger charge is 2.17. The predicted octanol–water partition coefficient (Wildman–Crippen LogP) is 0.304. The molecule has 1 aromatic rings. The number of para-hydroxylation sites is 1. The Kier molecular flexibility index (Phi) is 7.94. The van der Waals surface area contributed by atoms with Crippen LogP contribution in [0.3, 0.4) is 0 Å². The Labute approximate surface area is 127 Å². The average Bonchev–Trinajstić information content (AvgIpc) is 2.44. The van der Waals surface area contributed by atoms with Crippen molar-refractivity contribution in [3.63, 3.8) is 0 Å².